The Hall–Kier alpha value is -1.47. The van der Waals surface area contributed by atoms with Crippen molar-refractivity contribution in [3.05, 3.63) is 22.1 Å². The second-order valence-electron chi connectivity index (χ2n) is 5.21. The van der Waals surface area contributed by atoms with Gasteiger partial charge < -0.3 is 15.2 Å². The molecule has 1 fully saturated rings. The van der Waals surface area contributed by atoms with E-state index in [1.807, 2.05) is 6.92 Å². The molecule has 1 aliphatic rings. The molecule has 2 unspecified atom stereocenters. The zero-order valence-electron chi connectivity index (χ0n) is 11.3. The summed E-state index contributed by atoms with van der Waals surface area (Å²) in [6, 6.07) is 0. The number of likely N-dealkylation sites (tertiary alicyclic amines) is 1. The zero-order chi connectivity index (χ0) is 14.0. The van der Waals surface area contributed by atoms with Crippen molar-refractivity contribution in [2.24, 2.45) is 5.92 Å². The van der Waals surface area contributed by atoms with Crippen molar-refractivity contribution in [3.8, 4) is 0 Å². The molecule has 19 heavy (non-hydrogen) atoms. The van der Waals surface area contributed by atoms with Crippen LogP contribution in [0.4, 0.5) is 5.82 Å². The van der Waals surface area contributed by atoms with E-state index in [0.29, 0.717) is 12.4 Å². The van der Waals surface area contributed by atoms with Crippen LogP contribution >= 0.6 is 0 Å². The number of aliphatic hydroxyl groups excluding tert-OH is 1. The summed E-state index contributed by atoms with van der Waals surface area (Å²) in [6.07, 6.45) is 1.85. The molecule has 1 saturated heterocycles. The standard InChI is InChI=1S/C12H20N4O3/c1-9-8-14(4-3-11(9)17)5-6-15-10(2)13-7-12(15)16(18)19/h7,9,11,17H,3-6,8H2,1-2H3. The molecule has 1 aliphatic heterocycles. The van der Waals surface area contributed by atoms with Crippen LogP contribution in [-0.2, 0) is 6.54 Å². The average molecular weight is 268 g/mol. The van der Waals surface area contributed by atoms with Gasteiger partial charge in [0.05, 0.1) is 6.10 Å². The molecule has 1 aromatic rings. The summed E-state index contributed by atoms with van der Waals surface area (Å²) in [4.78, 5) is 16.7. The minimum atomic E-state index is -0.400. The highest BCUT2D eigenvalue weighted by Crippen LogP contribution is 2.18. The lowest BCUT2D eigenvalue weighted by molar-refractivity contribution is -0.392. The van der Waals surface area contributed by atoms with E-state index in [4.69, 9.17) is 0 Å². The van der Waals surface area contributed by atoms with Gasteiger partial charge in [-0.25, -0.2) is 9.55 Å². The first-order valence-electron chi connectivity index (χ1n) is 6.56. The van der Waals surface area contributed by atoms with Gasteiger partial charge in [0, 0.05) is 26.6 Å². The molecule has 0 saturated carbocycles. The fourth-order valence-electron chi connectivity index (χ4n) is 2.54. The summed E-state index contributed by atoms with van der Waals surface area (Å²) in [5.74, 6) is 0.965. The Labute approximate surface area is 112 Å². The Morgan fingerprint density at radius 2 is 2.32 bits per heavy atom. The van der Waals surface area contributed by atoms with Gasteiger partial charge in [0.2, 0.25) is 0 Å². The minimum Gasteiger partial charge on any atom is -0.393 e. The van der Waals surface area contributed by atoms with E-state index in [1.165, 1.54) is 6.20 Å². The van der Waals surface area contributed by atoms with Gasteiger partial charge in [-0.1, -0.05) is 6.92 Å². The highest BCUT2D eigenvalue weighted by molar-refractivity contribution is 5.18. The van der Waals surface area contributed by atoms with E-state index in [9.17, 15) is 15.2 Å². The zero-order valence-corrected chi connectivity index (χ0v) is 11.3. The second kappa shape index (κ2) is 5.66. The summed E-state index contributed by atoms with van der Waals surface area (Å²) in [6.45, 7) is 6.78. The minimum absolute atomic E-state index is 0.0441. The number of aromatic nitrogens is 2. The Morgan fingerprint density at radius 3 is 2.95 bits per heavy atom. The van der Waals surface area contributed by atoms with Crippen LogP contribution in [0.5, 0.6) is 0 Å². The van der Waals surface area contributed by atoms with Crippen LogP contribution < -0.4 is 0 Å². The van der Waals surface area contributed by atoms with Crippen LogP contribution in [0, 0.1) is 23.0 Å². The Balaban J connectivity index is 1.96. The molecular weight excluding hydrogens is 248 g/mol. The first-order valence-corrected chi connectivity index (χ1v) is 6.56. The van der Waals surface area contributed by atoms with E-state index < -0.39 is 4.92 Å². The van der Waals surface area contributed by atoms with Crippen molar-refractivity contribution in [1.82, 2.24) is 14.5 Å². The molecule has 0 aromatic carbocycles. The summed E-state index contributed by atoms with van der Waals surface area (Å²) >= 11 is 0. The molecule has 0 amide bonds. The predicted molar refractivity (Wildman–Crippen MR) is 69.8 cm³/mol. The van der Waals surface area contributed by atoms with Crippen LogP contribution in [0.2, 0.25) is 0 Å². The van der Waals surface area contributed by atoms with Crippen molar-refractivity contribution in [3.63, 3.8) is 0 Å². The first-order chi connectivity index (χ1) is 8.99. The van der Waals surface area contributed by atoms with Gasteiger partial charge in [-0.2, -0.15) is 0 Å². The van der Waals surface area contributed by atoms with Crippen LogP contribution in [0.3, 0.4) is 0 Å². The lowest BCUT2D eigenvalue weighted by Crippen LogP contribution is -2.43. The molecule has 1 aromatic heterocycles. The predicted octanol–water partition coefficient (Wildman–Crippen LogP) is 0.802. The van der Waals surface area contributed by atoms with E-state index in [-0.39, 0.29) is 17.8 Å². The van der Waals surface area contributed by atoms with E-state index in [1.54, 1.807) is 11.5 Å². The Morgan fingerprint density at radius 1 is 1.58 bits per heavy atom. The number of aliphatic hydroxyl groups is 1. The summed E-state index contributed by atoms with van der Waals surface area (Å²) in [7, 11) is 0. The number of nitro groups is 1. The summed E-state index contributed by atoms with van der Waals surface area (Å²) in [5.41, 5.74) is 0. The second-order valence-corrected chi connectivity index (χ2v) is 5.21. The maximum absolute atomic E-state index is 10.9. The highest BCUT2D eigenvalue weighted by Gasteiger charge is 2.25. The van der Waals surface area contributed by atoms with Crippen LogP contribution in [-0.4, -0.2) is 50.2 Å². The van der Waals surface area contributed by atoms with Crippen molar-refractivity contribution in [2.45, 2.75) is 32.9 Å². The number of hydrogen-bond donors (Lipinski definition) is 1. The Bertz CT molecular complexity index is 460. The summed E-state index contributed by atoms with van der Waals surface area (Å²) < 4.78 is 1.63. The van der Waals surface area contributed by atoms with Gasteiger partial charge in [-0.3, -0.25) is 4.90 Å². The highest BCUT2D eigenvalue weighted by atomic mass is 16.6. The van der Waals surface area contributed by atoms with Gasteiger partial charge in [-0.05, 0) is 17.3 Å². The van der Waals surface area contributed by atoms with Crippen LogP contribution in [0.25, 0.3) is 0 Å². The van der Waals surface area contributed by atoms with Crippen molar-refractivity contribution in [1.29, 1.82) is 0 Å². The molecule has 0 spiro atoms. The molecular formula is C12H20N4O3. The number of hydrogen-bond acceptors (Lipinski definition) is 5. The summed E-state index contributed by atoms with van der Waals surface area (Å²) in [5, 5.41) is 20.6. The Kier molecular flexibility index (Phi) is 4.16. The normalized spacial score (nSPS) is 24.6. The third kappa shape index (κ3) is 3.10. The number of imidazole rings is 1. The van der Waals surface area contributed by atoms with Crippen molar-refractivity contribution < 1.29 is 10.0 Å². The number of rotatable bonds is 4. The van der Waals surface area contributed by atoms with E-state index in [0.717, 1.165) is 26.1 Å². The average Bonchev–Trinajstić information content (AvgIpc) is 2.72. The first kappa shape index (κ1) is 14.0. The number of nitrogens with zero attached hydrogens (tertiary/aromatic N) is 4. The van der Waals surface area contributed by atoms with Crippen LogP contribution in [0.15, 0.2) is 6.20 Å². The molecule has 0 bridgehead atoms. The smallest absolute Gasteiger partial charge is 0.342 e. The van der Waals surface area contributed by atoms with Gasteiger partial charge in [0.25, 0.3) is 0 Å². The van der Waals surface area contributed by atoms with Gasteiger partial charge in [0.1, 0.15) is 12.7 Å². The van der Waals surface area contributed by atoms with E-state index in [2.05, 4.69) is 9.88 Å². The largest absolute Gasteiger partial charge is 0.393 e. The van der Waals surface area contributed by atoms with Crippen molar-refractivity contribution in [2.75, 3.05) is 19.6 Å². The van der Waals surface area contributed by atoms with Crippen molar-refractivity contribution >= 4 is 5.82 Å². The topological polar surface area (TPSA) is 84.4 Å². The SMILES string of the molecule is Cc1ncc([N+](=O)[O-])n1CCN1CCC(O)C(C)C1. The molecule has 106 valence electrons. The monoisotopic (exact) mass is 268 g/mol. The lowest BCUT2D eigenvalue weighted by Gasteiger charge is -2.33. The van der Waals surface area contributed by atoms with Gasteiger partial charge in [-0.15, -0.1) is 0 Å². The maximum Gasteiger partial charge on any atom is 0.342 e. The van der Waals surface area contributed by atoms with Crippen LogP contribution in [0.1, 0.15) is 19.2 Å². The molecule has 7 nitrogen and oxygen atoms in total. The maximum atomic E-state index is 10.9. The molecule has 0 radical (unpaired) electrons. The third-order valence-electron chi connectivity index (χ3n) is 3.81. The van der Waals surface area contributed by atoms with Gasteiger partial charge >= 0.3 is 5.82 Å². The van der Waals surface area contributed by atoms with Gasteiger partial charge in [0.15, 0.2) is 5.82 Å². The molecule has 2 rings (SSSR count). The molecule has 1 N–H and O–H groups in total. The third-order valence-corrected chi connectivity index (χ3v) is 3.81. The number of piperidine rings is 1. The van der Waals surface area contributed by atoms with E-state index >= 15 is 0 Å². The fraction of sp³-hybridized carbons (Fsp3) is 0.750. The number of aryl methyl sites for hydroxylation is 1. The molecule has 0 aliphatic carbocycles. The molecule has 2 atom stereocenters. The molecule has 2 heterocycles. The molecule has 7 heteroatoms. The lowest BCUT2D eigenvalue weighted by atomic mass is 9.97. The quantitative estimate of drug-likeness (QED) is 0.645. The fourth-order valence-corrected chi connectivity index (χ4v) is 2.54.